The normalized spacial score (nSPS) is 21.4. The summed E-state index contributed by atoms with van der Waals surface area (Å²) < 4.78 is 5.87. The van der Waals surface area contributed by atoms with Crippen molar-refractivity contribution in [2.75, 3.05) is 6.54 Å². The number of rotatable bonds is 2. The van der Waals surface area contributed by atoms with Crippen LogP contribution in [0.1, 0.15) is 50.6 Å². The first-order valence-corrected chi connectivity index (χ1v) is 9.07. The largest absolute Gasteiger partial charge is 0.443 e. The van der Waals surface area contributed by atoms with Gasteiger partial charge in [-0.2, -0.15) is 0 Å². The Morgan fingerprint density at radius 1 is 1.00 bits per heavy atom. The SMILES string of the molecule is CC(c1cccc2ccccc12)N1CCC2(CCC(=O)CC2)OC1=O. The van der Waals surface area contributed by atoms with Gasteiger partial charge in [-0.1, -0.05) is 42.5 Å². The molecule has 1 atom stereocenters. The maximum atomic E-state index is 12.7. The van der Waals surface area contributed by atoms with Gasteiger partial charge in [0.1, 0.15) is 11.4 Å². The first kappa shape index (κ1) is 16.1. The van der Waals surface area contributed by atoms with Crippen molar-refractivity contribution in [2.45, 2.75) is 50.7 Å². The number of hydrogen-bond donors (Lipinski definition) is 0. The summed E-state index contributed by atoms with van der Waals surface area (Å²) in [7, 11) is 0. The first-order chi connectivity index (χ1) is 12.1. The van der Waals surface area contributed by atoms with Gasteiger partial charge in [0.05, 0.1) is 6.04 Å². The second-order valence-electron chi connectivity index (χ2n) is 7.28. The van der Waals surface area contributed by atoms with E-state index in [2.05, 4.69) is 31.2 Å². The minimum absolute atomic E-state index is 0.0406. The van der Waals surface area contributed by atoms with Crippen molar-refractivity contribution in [3.8, 4) is 0 Å². The fourth-order valence-electron chi connectivity index (χ4n) is 4.18. The Hall–Kier alpha value is -2.36. The predicted molar refractivity (Wildman–Crippen MR) is 96.4 cm³/mol. The van der Waals surface area contributed by atoms with Crippen molar-refractivity contribution in [3.05, 3.63) is 48.0 Å². The second-order valence-corrected chi connectivity index (χ2v) is 7.28. The fourth-order valence-corrected chi connectivity index (χ4v) is 4.18. The van der Waals surface area contributed by atoms with Crippen molar-refractivity contribution in [1.29, 1.82) is 0 Å². The molecular formula is C21H23NO3. The van der Waals surface area contributed by atoms with Gasteiger partial charge in [0.15, 0.2) is 0 Å². The van der Waals surface area contributed by atoms with Crippen LogP contribution in [0.5, 0.6) is 0 Å². The van der Waals surface area contributed by atoms with E-state index in [9.17, 15) is 9.59 Å². The molecule has 1 spiro atoms. The quantitative estimate of drug-likeness (QED) is 0.803. The molecule has 1 aliphatic carbocycles. The summed E-state index contributed by atoms with van der Waals surface area (Å²) in [5.41, 5.74) is 0.727. The lowest BCUT2D eigenvalue weighted by atomic mass is 9.80. The van der Waals surface area contributed by atoms with Crippen molar-refractivity contribution in [2.24, 2.45) is 0 Å². The molecule has 2 aromatic carbocycles. The zero-order chi connectivity index (χ0) is 17.4. The van der Waals surface area contributed by atoms with Crippen LogP contribution in [0.2, 0.25) is 0 Å². The Bertz CT molecular complexity index is 814. The van der Waals surface area contributed by atoms with Gasteiger partial charge in [0.2, 0.25) is 0 Å². The smallest absolute Gasteiger partial charge is 0.410 e. The highest BCUT2D eigenvalue weighted by molar-refractivity contribution is 5.86. The first-order valence-electron chi connectivity index (χ1n) is 9.07. The van der Waals surface area contributed by atoms with Crippen molar-refractivity contribution in [3.63, 3.8) is 0 Å². The molecule has 1 amide bonds. The van der Waals surface area contributed by atoms with Crippen LogP contribution in [-0.2, 0) is 9.53 Å². The molecule has 25 heavy (non-hydrogen) atoms. The van der Waals surface area contributed by atoms with Gasteiger partial charge in [-0.25, -0.2) is 4.79 Å². The molecule has 0 N–H and O–H groups in total. The Morgan fingerprint density at radius 3 is 2.48 bits per heavy atom. The number of carbonyl (C=O) groups is 2. The van der Waals surface area contributed by atoms with Crippen LogP contribution < -0.4 is 0 Å². The molecule has 1 saturated carbocycles. The van der Waals surface area contributed by atoms with E-state index in [0.717, 1.165) is 12.0 Å². The summed E-state index contributed by atoms with van der Waals surface area (Å²) in [6, 6.07) is 14.4. The van der Waals surface area contributed by atoms with Gasteiger partial charge in [0, 0.05) is 25.8 Å². The average molecular weight is 337 g/mol. The number of carbonyl (C=O) groups excluding carboxylic acids is 2. The monoisotopic (exact) mass is 337 g/mol. The minimum atomic E-state index is -0.417. The Kier molecular flexibility index (Phi) is 3.98. The van der Waals surface area contributed by atoms with Crippen molar-refractivity contribution in [1.82, 2.24) is 4.90 Å². The van der Waals surface area contributed by atoms with E-state index in [4.69, 9.17) is 4.74 Å². The number of ketones is 1. The summed E-state index contributed by atoms with van der Waals surface area (Å²) >= 11 is 0. The second kappa shape index (κ2) is 6.17. The number of fused-ring (bicyclic) bond motifs is 1. The van der Waals surface area contributed by atoms with Gasteiger partial charge in [-0.15, -0.1) is 0 Å². The number of ether oxygens (including phenoxy) is 1. The standard InChI is InChI=1S/C21H23NO3/c1-15(18-8-4-6-16-5-2-3-7-19(16)18)22-14-13-21(25-20(22)24)11-9-17(23)10-12-21/h2-8,15H,9-14H2,1H3. The van der Waals surface area contributed by atoms with E-state index in [1.54, 1.807) is 0 Å². The third kappa shape index (κ3) is 2.90. The zero-order valence-corrected chi connectivity index (χ0v) is 14.5. The Morgan fingerprint density at radius 2 is 1.72 bits per heavy atom. The molecule has 0 aromatic heterocycles. The van der Waals surface area contributed by atoms with Gasteiger partial charge in [-0.3, -0.25) is 4.79 Å². The molecule has 130 valence electrons. The van der Waals surface area contributed by atoms with Crippen LogP contribution in [0.25, 0.3) is 10.8 Å². The predicted octanol–water partition coefficient (Wildman–Crippen LogP) is 4.63. The summed E-state index contributed by atoms with van der Waals surface area (Å²) in [6.45, 7) is 2.74. The van der Waals surface area contributed by atoms with E-state index in [1.807, 2.05) is 23.1 Å². The van der Waals surface area contributed by atoms with Crippen LogP contribution >= 0.6 is 0 Å². The molecule has 4 heteroatoms. The maximum Gasteiger partial charge on any atom is 0.410 e. The number of amides is 1. The fraction of sp³-hybridized carbons (Fsp3) is 0.429. The van der Waals surface area contributed by atoms with E-state index in [0.29, 0.717) is 32.2 Å². The summed E-state index contributed by atoms with van der Waals surface area (Å²) in [6.07, 6.45) is 2.97. The van der Waals surface area contributed by atoms with Crippen LogP contribution in [0, 0.1) is 0 Å². The molecular weight excluding hydrogens is 314 g/mol. The molecule has 1 aliphatic heterocycles. The highest BCUT2D eigenvalue weighted by atomic mass is 16.6. The maximum absolute atomic E-state index is 12.7. The van der Waals surface area contributed by atoms with Crippen molar-refractivity contribution >= 4 is 22.6 Å². The molecule has 2 aromatic rings. The molecule has 2 fully saturated rings. The summed E-state index contributed by atoms with van der Waals surface area (Å²) in [5, 5.41) is 2.35. The number of benzene rings is 2. The molecule has 1 saturated heterocycles. The minimum Gasteiger partial charge on any atom is -0.443 e. The summed E-state index contributed by atoms with van der Waals surface area (Å²) in [4.78, 5) is 26.0. The Labute approximate surface area is 147 Å². The molecule has 1 unspecified atom stereocenters. The van der Waals surface area contributed by atoms with Gasteiger partial charge in [0.25, 0.3) is 0 Å². The molecule has 2 aliphatic rings. The number of Topliss-reactive ketones (excluding diaryl/α,β-unsaturated/α-hetero) is 1. The lowest BCUT2D eigenvalue weighted by molar-refractivity contribution is -0.129. The van der Waals surface area contributed by atoms with E-state index in [-0.39, 0.29) is 17.9 Å². The van der Waals surface area contributed by atoms with Crippen LogP contribution in [0.3, 0.4) is 0 Å². The third-order valence-corrected chi connectivity index (χ3v) is 5.81. The molecule has 4 nitrogen and oxygen atoms in total. The third-order valence-electron chi connectivity index (χ3n) is 5.81. The molecule has 1 heterocycles. The van der Waals surface area contributed by atoms with Crippen LogP contribution in [-0.4, -0.2) is 28.9 Å². The lowest BCUT2D eigenvalue weighted by Crippen LogP contribution is -2.51. The van der Waals surface area contributed by atoms with E-state index >= 15 is 0 Å². The lowest BCUT2D eigenvalue weighted by Gasteiger charge is -2.44. The highest BCUT2D eigenvalue weighted by Gasteiger charge is 2.44. The van der Waals surface area contributed by atoms with Crippen LogP contribution in [0.15, 0.2) is 42.5 Å². The zero-order valence-electron chi connectivity index (χ0n) is 14.5. The highest BCUT2D eigenvalue weighted by Crippen LogP contribution is 2.39. The molecule has 0 radical (unpaired) electrons. The van der Waals surface area contributed by atoms with E-state index in [1.165, 1.54) is 10.8 Å². The van der Waals surface area contributed by atoms with Crippen LogP contribution in [0.4, 0.5) is 4.79 Å². The Balaban J connectivity index is 1.56. The summed E-state index contributed by atoms with van der Waals surface area (Å²) in [5.74, 6) is 0.285. The average Bonchev–Trinajstić information content (AvgIpc) is 2.63. The topological polar surface area (TPSA) is 46.6 Å². The van der Waals surface area contributed by atoms with E-state index < -0.39 is 5.60 Å². The van der Waals surface area contributed by atoms with Gasteiger partial charge >= 0.3 is 6.09 Å². The number of hydrogen-bond acceptors (Lipinski definition) is 3. The van der Waals surface area contributed by atoms with Gasteiger partial charge < -0.3 is 9.64 Å². The van der Waals surface area contributed by atoms with Gasteiger partial charge in [-0.05, 0) is 36.1 Å². The molecule has 0 bridgehead atoms. The molecule has 4 rings (SSSR count). The van der Waals surface area contributed by atoms with Crippen molar-refractivity contribution < 1.29 is 14.3 Å². The number of nitrogens with zero attached hydrogens (tertiary/aromatic N) is 1.